The molecule has 0 spiro atoms. The lowest BCUT2D eigenvalue weighted by Crippen LogP contribution is -2.43. The summed E-state index contributed by atoms with van der Waals surface area (Å²) < 4.78 is 0.942. The van der Waals surface area contributed by atoms with E-state index in [0.29, 0.717) is 11.2 Å². The lowest BCUT2D eigenvalue weighted by atomic mass is 10.2. The highest BCUT2D eigenvalue weighted by atomic mass is 79.9. The molecule has 1 atom stereocenters. The first-order chi connectivity index (χ1) is 11.1. The van der Waals surface area contributed by atoms with Gasteiger partial charge in [0.2, 0.25) is 5.91 Å². The van der Waals surface area contributed by atoms with Crippen molar-refractivity contribution in [3.05, 3.63) is 28.2 Å². The molecule has 0 bridgehead atoms. The van der Waals surface area contributed by atoms with Gasteiger partial charge in [0.1, 0.15) is 0 Å². The van der Waals surface area contributed by atoms with Crippen LogP contribution in [0.25, 0.3) is 0 Å². The Hall–Kier alpha value is -1.21. The molecule has 1 fully saturated rings. The predicted molar refractivity (Wildman–Crippen MR) is 102 cm³/mol. The number of amides is 1. The number of carbonyl (C=O) groups is 1. The van der Waals surface area contributed by atoms with E-state index < -0.39 is 0 Å². The Morgan fingerprint density at radius 2 is 2.26 bits per heavy atom. The van der Waals surface area contributed by atoms with Gasteiger partial charge >= 0.3 is 0 Å². The summed E-state index contributed by atoms with van der Waals surface area (Å²) >= 11 is 5.41. The van der Waals surface area contributed by atoms with E-state index in [2.05, 4.69) is 36.9 Å². The van der Waals surface area contributed by atoms with Crippen molar-refractivity contribution in [3.63, 3.8) is 0 Å². The molecule has 3 N–H and O–H groups in total. The highest BCUT2D eigenvalue weighted by Gasteiger charge is 2.15. The van der Waals surface area contributed by atoms with Gasteiger partial charge in [-0.05, 0) is 43.2 Å². The van der Waals surface area contributed by atoms with Crippen LogP contribution in [0.1, 0.15) is 18.4 Å². The van der Waals surface area contributed by atoms with Gasteiger partial charge in [0.05, 0.1) is 6.54 Å². The van der Waals surface area contributed by atoms with E-state index in [4.69, 9.17) is 0 Å². The number of aryl methyl sites for hydroxylation is 1. The number of aliphatic imine (C=N–C) groups is 1. The molecule has 0 radical (unpaired) electrons. The molecule has 1 heterocycles. The molecule has 0 aromatic heterocycles. The Kier molecular flexibility index (Phi) is 7.23. The molecule has 1 saturated heterocycles. The van der Waals surface area contributed by atoms with Crippen LogP contribution in [0.4, 0.5) is 5.69 Å². The Labute approximate surface area is 150 Å². The molecule has 0 aliphatic carbocycles. The highest BCUT2D eigenvalue weighted by molar-refractivity contribution is 9.10. The molecule has 2 rings (SSSR count). The van der Waals surface area contributed by atoms with Gasteiger partial charge in [0, 0.05) is 29.0 Å². The van der Waals surface area contributed by atoms with Crippen molar-refractivity contribution >= 4 is 45.2 Å². The average molecular weight is 399 g/mol. The Bertz CT molecular complexity index is 573. The maximum absolute atomic E-state index is 12.1. The zero-order chi connectivity index (χ0) is 16.7. The largest absolute Gasteiger partial charge is 0.355 e. The summed E-state index contributed by atoms with van der Waals surface area (Å²) in [7, 11) is 1.72. The molecule has 0 saturated carbocycles. The molecule has 23 heavy (non-hydrogen) atoms. The van der Waals surface area contributed by atoms with Crippen molar-refractivity contribution < 1.29 is 4.79 Å². The van der Waals surface area contributed by atoms with Crippen LogP contribution in [0.3, 0.4) is 0 Å². The van der Waals surface area contributed by atoms with Crippen molar-refractivity contribution in [1.29, 1.82) is 0 Å². The lowest BCUT2D eigenvalue weighted by molar-refractivity contribution is -0.115. The number of benzene rings is 1. The van der Waals surface area contributed by atoms with E-state index >= 15 is 0 Å². The van der Waals surface area contributed by atoms with Crippen LogP contribution in [-0.2, 0) is 4.79 Å². The SMILES string of the molecule is CN=C(NCC(=O)Nc1cc(Br)ccc1C)NCC1CCCS1. The molecule has 1 unspecified atom stereocenters. The third-order valence-electron chi connectivity index (χ3n) is 3.63. The third-order valence-corrected chi connectivity index (χ3v) is 5.53. The Morgan fingerprint density at radius 1 is 1.43 bits per heavy atom. The number of carbonyl (C=O) groups excluding carboxylic acids is 1. The molecule has 7 heteroatoms. The topological polar surface area (TPSA) is 65.5 Å². The molecular weight excluding hydrogens is 376 g/mol. The average Bonchev–Trinajstić information content (AvgIpc) is 3.04. The highest BCUT2D eigenvalue weighted by Crippen LogP contribution is 2.25. The first-order valence-corrected chi connectivity index (χ1v) is 9.55. The number of thioether (sulfide) groups is 1. The third kappa shape index (κ3) is 6.06. The van der Waals surface area contributed by atoms with Crippen LogP contribution < -0.4 is 16.0 Å². The summed E-state index contributed by atoms with van der Waals surface area (Å²) in [6.45, 7) is 3.04. The first kappa shape index (κ1) is 18.1. The molecule has 1 aromatic carbocycles. The van der Waals surface area contributed by atoms with Crippen molar-refractivity contribution in [2.45, 2.75) is 25.0 Å². The number of hydrogen-bond acceptors (Lipinski definition) is 3. The second-order valence-corrected chi connectivity index (χ2v) is 7.77. The van der Waals surface area contributed by atoms with E-state index in [1.807, 2.05) is 36.9 Å². The van der Waals surface area contributed by atoms with Gasteiger partial charge in [-0.25, -0.2) is 0 Å². The van der Waals surface area contributed by atoms with E-state index in [0.717, 1.165) is 22.3 Å². The Balaban J connectivity index is 1.76. The minimum atomic E-state index is -0.0932. The lowest BCUT2D eigenvalue weighted by Gasteiger charge is -2.15. The number of hydrogen-bond donors (Lipinski definition) is 3. The van der Waals surface area contributed by atoms with Gasteiger partial charge < -0.3 is 16.0 Å². The summed E-state index contributed by atoms with van der Waals surface area (Å²) in [4.78, 5) is 16.2. The fourth-order valence-corrected chi connectivity index (χ4v) is 3.89. The predicted octanol–water partition coefficient (Wildman–Crippen LogP) is 2.76. The maximum Gasteiger partial charge on any atom is 0.243 e. The summed E-state index contributed by atoms with van der Waals surface area (Å²) in [5, 5.41) is 9.89. The maximum atomic E-state index is 12.1. The number of nitrogens with zero attached hydrogens (tertiary/aromatic N) is 1. The zero-order valence-corrected chi connectivity index (χ0v) is 15.9. The van der Waals surface area contributed by atoms with Crippen LogP contribution >= 0.6 is 27.7 Å². The van der Waals surface area contributed by atoms with Gasteiger partial charge in [-0.15, -0.1) is 0 Å². The number of anilines is 1. The molecule has 5 nitrogen and oxygen atoms in total. The standard InChI is InChI=1S/C16H23BrN4OS/c1-11-5-6-12(17)8-14(11)21-15(22)10-20-16(18-2)19-9-13-4-3-7-23-13/h5-6,8,13H,3-4,7,9-10H2,1-2H3,(H,21,22)(H2,18,19,20). The van der Waals surface area contributed by atoms with Gasteiger partial charge in [-0.3, -0.25) is 9.79 Å². The monoisotopic (exact) mass is 398 g/mol. The number of rotatable bonds is 5. The van der Waals surface area contributed by atoms with Crippen LogP contribution in [0.2, 0.25) is 0 Å². The normalized spacial score (nSPS) is 17.9. The summed E-state index contributed by atoms with van der Waals surface area (Å²) in [5.74, 6) is 1.82. The van der Waals surface area contributed by atoms with Gasteiger partial charge in [0.25, 0.3) is 0 Å². The van der Waals surface area contributed by atoms with E-state index in [1.165, 1.54) is 18.6 Å². The van der Waals surface area contributed by atoms with E-state index in [9.17, 15) is 4.79 Å². The summed E-state index contributed by atoms with van der Waals surface area (Å²) in [6, 6.07) is 5.82. The zero-order valence-electron chi connectivity index (χ0n) is 13.5. The fourth-order valence-electron chi connectivity index (χ4n) is 2.32. The second-order valence-electron chi connectivity index (χ2n) is 5.45. The molecular formula is C16H23BrN4OS. The number of guanidine groups is 1. The van der Waals surface area contributed by atoms with Crippen LogP contribution in [0.5, 0.6) is 0 Å². The van der Waals surface area contributed by atoms with Gasteiger partial charge in [-0.2, -0.15) is 11.8 Å². The fraction of sp³-hybridized carbons (Fsp3) is 0.500. The van der Waals surface area contributed by atoms with Crippen molar-refractivity contribution in [1.82, 2.24) is 10.6 Å². The number of halogens is 1. The van der Waals surface area contributed by atoms with E-state index in [1.54, 1.807) is 7.05 Å². The molecule has 1 aliphatic rings. The quantitative estimate of drug-likeness (QED) is 0.526. The first-order valence-electron chi connectivity index (χ1n) is 7.70. The van der Waals surface area contributed by atoms with Crippen LogP contribution in [0.15, 0.2) is 27.7 Å². The van der Waals surface area contributed by atoms with Crippen molar-refractivity contribution in [2.75, 3.05) is 31.2 Å². The van der Waals surface area contributed by atoms with Crippen LogP contribution in [0, 0.1) is 6.92 Å². The minimum absolute atomic E-state index is 0.0932. The van der Waals surface area contributed by atoms with Crippen LogP contribution in [-0.4, -0.2) is 43.0 Å². The number of nitrogens with one attached hydrogen (secondary N) is 3. The minimum Gasteiger partial charge on any atom is -0.355 e. The summed E-state index contributed by atoms with van der Waals surface area (Å²) in [5.41, 5.74) is 1.85. The van der Waals surface area contributed by atoms with Crippen molar-refractivity contribution in [2.24, 2.45) is 4.99 Å². The molecule has 1 amide bonds. The smallest absolute Gasteiger partial charge is 0.243 e. The molecule has 126 valence electrons. The summed E-state index contributed by atoms with van der Waals surface area (Å²) in [6.07, 6.45) is 2.54. The van der Waals surface area contributed by atoms with Gasteiger partial charge in [-0.1, -0.05) is 22.0 Å². The van der Waals surface area contributed by atoms with Gasteiger partial charge in [0.15, 0.2) is 5.96 Å². The molecule has 1 aromatic rings. The van der Waals surface area contributed by atoms with Crippen molar-refractivity contribution in [3.8, 4) is 0 Å². The Morgan fingerprint density at radius 3 is 2.96 bits per heavy atom. The van der Waals surface area contributed by atoms with E-state index in [-0.39, 0.29) is 12.5 Å². The second kappa shape index (κ2) is 9.17. The molecule has 1 aliphatic heterocycles.